The van der Waals surface area contributed by atoms with Crippen LogP contribution in [0.3, 0.4) is 0 Å². The minimum absolute atomic E-state index is 0.825. The molecule has 1 aliphatic carbocycles. The third kappa shape index (κ3) is 3.90. The molecule has 18 heavy (non-hydrogen) atoms. The fourth-order valence-corrected chi connectivity index (χ4v) is 2.74. The van der Waals surface area contributed by atoms with Crippen LogP contribution < -0.4 is 5.32 Å². The number of benzene rings is 1. The summed E-state index contributed by atoms with van der Waals surface area (Å²) in [5.41, 5.74) is 2.82. The molecule has 0 aromatic heterocycles. The smallest absolute Gasteiger partial charge is 0.0340 e. The Morgan fingerprint density at radius 1 is 1.28 bits per heavy atom. The van der Waals surface area contributed by atoms with Crippen LogP contribution in [-0.2, 0) is 0 Å². The molecule has 1 aliphatic rings. The largest absolute Gasteiger partial charge is 0.385 e. The summed E-state index contributed by atoms with van der Waals surface area (Å²) in [5.74, 6) is 1.72. The maximum atomic E-state index is 3.51. The van der Waals surface area contributed by atoms with Gasteiger partial charge in [0.2, 0.25) is 0 Å². The van der Waals surface area contributed by atoms with E-state index in [9.17, 15) is 0 Å². The van der Waals surface area contributed by atoms with Crippen molar-refractivity contribution in [1.82, 2.24) is 0 Å². The van der Waals surface area contributed by atoms with Crippen LogP contribution in [0, 0.1) is 11.8 Å². The Labute approximate surface area is 111 Å². The van der Waals surface area contributed by atoms with Crippen molar-refractivity contribution in [3.63, 3.8) is 0 Å². The molecular weight excluding hydrogens is 218 g/mol. The molecule has 0 fully saturated rings. The lowest BCUT2D eigenvalue weighted by Gasteiger charge is -2.26. The van der Waals surface area contributed by atoms with Crippen LogP contribution >= 0.6 is 0 Å². The Morgan fingerprint density at radius 3 is 2.72 bits per heavy atom. The van der Waals surface area contributed by atoms with E-state index in [0.717, 1.165) is 18.4 Å². The maximum Gasteiger partial charge on any atom is 0.0340 e. The molecule has 0 saturated heterocycles. The number of rotatable bonds is 5. The van der Waals surface area contributed by atoms with Crippen LogP contribution in [0.1, 0.15) is 39.5 Å². The van der Waals surface area contributed by atoms with E-state index in [1.165, 1.54) is 31.4 Å². The molecule has 2 rings (SSSR count). The number of allylic oxidation sites excluding steroid dienone is 2. The van der Waals surface area contributed by atoms with Gasteiger partial charge in [0, 0.05) is 12.2 Å². The first-order valence-electron chi connectivity index (χ1n) is 7.20. The van der Waals surface area contributed by atoms with Crippen LogP contribution in [-0.4, -0.2) is 6.54 Å². The topological polar surface area (TPSA) is 12.0 Å². The third-order valence-corrected chi connectivity index (χ3v) is 4.19. The zero-order chi connectivity index (χ0) is 12.8. The number of hydrogen-bond donors (Lipinski definition) is 1. The van der Waals surface area contributed by atoms with Crippen LogP contribution in [0.5, 0.6) is 0 Å². The van der Waals surface area contributed by atoms with E-state index in [0.29, 0.717) is 0 Å². The van der Waals surface area contributed by atoms with Gasteiger partial charge >= 0.3 is 0 Å². The Balaban J connectivity index is 1.70. The van der Waals surface area contributed by atoms with E-state index in [4.69, 9.17) is 0 Å². The van der Waals surface area contributed by atoms with Crippen molar-refractivity contribution in [2.24, 2.45) is 11.8 Å². The lowest BCUT2D eigenvalue weighted by atomic mass is 9.80. The number of anilines is 1. The van der Waals surface area contributed by atoms with Crippen molar-refractivity contribution in [3.8, 4) is 0 Å². The van der Waals surface area contributed by atoms with Gasteiger partial charge in [-0.1, -0.05) is 36.8 Å². The van der Waals surface area contributed by atoms with Crippen molar-refractivity contribution < 1.29 is 0 Å². The van der Waals surface area contributed by atoms with E-state index < -0.39 is 0 Å². The SMILES string of the molecule is CC1=CC[C@H](C(C)CCNc2ccccc2)CC1. The van der Waals surface area contributed by atoms with E-state index in [-0.39, 0.29) is 0 Å². The zero-order valence-electron chi connectivity index (χ0n) is 11.7. The Hall–Kier alpha value is -1.24. The Morgan fingerprint density at radius 2 is 2.06 bits per heavy atom. The number of hydrogen-bond acceptors (Lipinski definition) is 1. The maximum absolute atomic E-state index is 3.51. The van der Waals surface area contributed by atoms with E-state index in [1.54, 1.807) is 5.57 Å². The molecule has 0 heterocycles. The highest BCUT2D eigenvalue weighted by atomic mass is 14.9. The van der Waals surface area contributed by atoms with Crippen LogP contribution in [0.4, 0.5) is 5.69 Å². The van der Waals surface area contributed by atoms with Crippen molar-refractivity contribution in [1.29, 1.82) is 0 Å². The van der Waals surface area contributed by atoms with Gasteiger partial charge in [-0.25, -0.2) is 0 Å². The fraction of sp³-hybridized carbons (Fsp3) is 0.529. The van der Waals surface area contributed by atoms with Gasteiger partial charge in [0.05, 0.1) is 0 Å². The second-order valence-corrected chi connectivity index (χ2v) is 5.64. The molecule has 1 aromatic rings. The Kier molecular flexibility index (Phi) is 4.86. The van der Waals surface area contributed by atoms with Crippen LogP contribution in [0.25, 0.3) is 0 Å². The Bertz CT molecular complexity index is 380. The molecule has 0 saturated carbocycles. The first-order valence-corrected chi connectivity index (χ1v) is 7.20. The van der Waals surface area contributed by atoms with E-state index in [2.05, 4.69) is 55.6 Å². The van der Waals surface area contributed by atoms with Crippen LogP contribution in [0.15, 0.2) is 42.0 Å². The highest BCUT2D eigenvalue weighted by molar-refractivity contribution is 5.42. The van der Waals surface area contributed by atoms with E-state index >= 15 is 0 Å². The summed E-state index contributed by atoms with van der Waals surface area (Å²) in [4.78, 5) is 0. The molecule has 1 nitrogen and oxygen atoms in total. The molecule has 1 unspecified atom stereocenters. The predicted molar refractivity (Wildman–Crippen MR) is 79.8 cm³/mol. The van der Waals surface area contributed by atoms with Gasteiger partial charge in [0.25, 0.3) is 0 Å². The average Bonchev–Trinajstić information content (AvgIpc) is 2.40. The predicted octanol–water partition coefficient (Wildman–Crippen LogP) is 4.87. The van der Waals surface area contributed by atoms with E-state index in [1.807, 2.05) is 0 Å². The van der Waals surface area contributed by atoms with Gasteiger partial charge in [-0.15, -0.1) is 0 Å². The van der Waals surface area contributed by atoms with Crippen molar-refractivity contribution in [2.45, 2.75) is 39.5 Å². The van der Waals surface area contributed by atoms with Crippen molar-refractivity contribution in [2.75, 3.05) is 11.9 Å². The van der Waals surface area contributed by atoms with Gasteiger partial charge < -0.3 is 5.32 Å². The summed E-state index contributed by atoms with van der Waals surface area (Å²) in [6, 6.07) is 10.5. The fourth-order valence-electron chi connectivity index (χ4n) is 2.74. The molecule has 0 amide bonds. The van der Waals surface area contributed by atoms with Crippen LogP contribution in [0.2, 0.25) is 0 Å². The average molecular weight is 243 g/mol. The number of nitrogens with one attached hydrogen (secondary N) is 1. The molecule has 1 N–H and O–H groups in total. The standard InChI is InChI=1S/C17H25N/c1-14-8-10-16(11-9-14)15(2)12-13-18-17-6-4-3-5-7-17/h3-8,15-16,18H,9-13H2,1-2H3/t15?,16-/m0/s1. The first-order chi connectivity index (χ1) is 8.75. The minimum Gasteiger partial charge on any atom is -0.385 e. The normalized spacial score (nSPS) is 21.2. The molecule has 1 heteroatoms. The molecule has 0 aliphatic heterocycles. The molecule has 98 valence electrons. The summed E-state index contributed by atoms with van der Waals surface area (Å²) in [7, 11) is 0. The van der Waals surface area contributed by atoms with Gasteiger partial charge in [0.15, 0.2) is 0 Å². The molecule has 0 radical (unpaired) electrons. The summed E-state index contributed by atoms with van der Waals surface area (Å²) < 4.78 is 0. The zero-order valence-corrected chi connectivity index (χ0v) is 11.7. The lowest BCUT2D eigenvalue weighted by molar-refractivity contribution is 0.316. The second kappa shape index (κ2) is 6.63. The first kappa shape index (κ1) is 13.2. The van der Waals surface area contributed by atoms with Gasteiger partial charge in [0.1, 0.15) is 0 Å². The molecule has 0 spiro atoms. The van der Waals surface area contributed by atoms with Gasteiger partial charge in [-0.3, -0.25) is 0 Å². The van der Waals surface area contributed by atoms with Gasteiger partial charge in [-0.05, 0) is 56.6 Å². The summed E-state index contributed by atoms with van der Waals surface area (Å²) >= 11 is 0. The molecule has 0 bridgehead atoms. The van der Waals surface area contributed by atoms with Crippen molar-refractivity contribution in [3.05, 3.63) is 42.0 Å². The molecule has 1 aromatic carbocycles. The number of para-hydroxylation sites is 1. The highest BCUT2D eigenvalue weighted by Crippen LogP contribution is 2.30. The highest BCUT2D eigenvalue weighted by Gasteiger charge is 2.18. The molecule has 2 atom stereocenters. The summed E-state index contributed by atoms with van der Waals surface area (Å²) in [6.45, 7) is 5.76. The van der Waals surface area contributed by atoms with Crippen molar-refractivity contribution >= 4 is 5.69 Å². The minimum atomic E-state index is 0.825. The molecular formula is C17H25N. The summed E-state index contributed by atoms with van der Waals surface area (Å²) in [5, 5.41) is 3.51. The quantitative estimate of drug-likeness (QED) is 0.727. The third-order valence-electron chi connectivity index (χ3n) is 4.19. The lowest BCUT2D eigenvalue weighted by Crippen LogP contribution is -2.17. The second-order valence-electron chi connectivity index (χ2n) is 5.64. The van der Waals surface area contributed by atoms with Gasteiger partial charge in [-0.2, -0.15) is 0 Å². The monoisotopic (exact) mass is 243 g/mol. The summed E-state index contributed by atoms with van der Waals surface area (Å²) in [6.07, 6.45) is 7.69.